The van der Waals surface area contributed by atoms with E-state index in [0.29, 0.717) is 5.25 Å². The van der Waals surface area contributed by atoms with Crippen molar-refractivity contribution in [3.8, 4) is 0 Å². The minimum absolute atomic E-state index is 0.0470. The molecule has 1 fully saturated rings. The number of carbonyl (C=O) groups is 1. The Balaban J connectivity index is 1.89. The molecule has 1 atom stereocenters. The summed E-state index contributed by atoms with van der Waals surface area (Å²) in [6.45, 7) is 5.87. The van der Waals surface area contributed by atoms with Crippen molar-refractivity contribution in [3.05, 3.63) is 29.3 Å². The summed E-state index contributed by atoms with van der Waals surface area (Å²) in [7, 11) is 0. The van der Waals surface area contributed by atoms with E-state index in [4.69, 9.17) is 0 Å². The second-order valence-corrected chi connectivity index (χ2v) is 7.79. The number of benzene rings is 1. The third-order valence-corrected chi connectivity index (χ3v) is 6.27. The highest BCUT2D eigenvalue weighted by Gasteiger charge is 2.16. The zero-order valence-corrected chi connectivity index (χ0v) is 14.4. The molecule has 0 saturated carbocycles. The van der Waals surface area contributed by atoms with E-state index in [1.807, 2.05) is 42.6 Å². The predicted octanol–water partition coefficient (Wildman–Crippen LogP) is 3.40. The second kappa shape index (κ2) is 8.59. The molecule has 5 heteroatoms. The molecule has 1 heterocycles. The number of nitrogens with one attached hydrogen (secondary N) is 2. The zero-order valence-electron chi connectivity index (χ0n) is 12.8. The van der Waals surface area contributed by atoms with Crippen LogP contribution in [0.25, 0.3) is 0 Å². The lowest BCUT2D eigenvalue weighted by molar-refractivity contribution is 0.0953. The first kappa shape index (κ1) is 16.6. The third-order valence-electron chi connectivity index (χ3n) is 3.43. The Morgan fingerprint density at radius 1 is 1.38 bits per heavy atom. The predicted molar refractivity (Wildman–Crippen MR) is 95.9 cm³/mol. The number of carbonyl (C=O) groups excluding carboxylic acids is 1. The van der Waals surface area contributed by atoms with Crippen molar-refractivity contribution in [2.45, 2.75) is 25.5 Å². The normalized spacial score (nSPS) is 18.3. The molecule has 1 aromatic carbocycles. The van der Waals surface area contributed by atoms with E-state index in [0.717, 1.165) is 42.1 Å². The summed E-state index contributed by atoms with van der Waals surface area (Å²) in [6, 6.07) is 5.96. The molecule has 2 N–H and O–H groups in total. The van der Waals surface area contributed by atoms with E-state index in [2.05, 4.69) is 23.6 Å². The highest BCUT2D eigenvalue weighted by molar-refractivity contribution is 8.06. The van der Waals surface area contributed by atoms with Crippen molar-refractivity contribution in [1.29, 1.82) is 0 Å². The monoisotopic (exact) mass is 324 g/mol. The standard InChI is InChI=1S/C16H24N2OS2/c1-3-6-17-13-4-5-15(12(2)9-13)16(19)18-10-14-11-20-7-8-21-14/h4-5,9,14,17H,3,6-8,10-11H2,1-2H3,(H,18,19). The van der Waals surface area contributed by atoms with Gasteiger partial charge in [0.05, 0.1) is 0 Å². The Labute approximate surface area is 136 Å². The van der Waals surface area contributed by atoms with E-state index in [1.165, 1.54) is 11.5 Å². The summed E-state index contributed by atoms with van der Waals surface area (Å²) in [4.78, 5) is 12.3. The van der Waals surface area contributed by atoms with Crippen LogP contribution in [-0.2, 0) is 0 Å². The van der Waals surface area contributed by atoms with Crippen LogP contribution in [0.15, 0.2) is 18.2 Å². The van der Waals surface area contributed by atoms with Crippen LogP contribution in [-0.4, -0.2) is 41.5 Å². The van der Waals surface area contributed by atoms with E-state index in [1.54, 1.807) is 0 Å². The molecule has 1 amide bonds. The fourth-order valence-electron chi connectivity index (χ4n) is 2.25. The number of thioether (sulfide) groups is 2. The Bertz CT molecular complexity index is 473. The van der Waals surface area contributed by atoms with Gasteiger partial charge >= 0.3 is 0 Å². The van der Waals surface area contributed by atoms with E-state index >= 15 is 0 Å². The van der Waals surface area contributed by atoms with Crippen molar-refractivity contribution in [2.75, 3.05) is 35.7 Å². The van der Waals surface area contributed by atoms with E-state index < -0.39 is 0 Å². The summed E-state index contributed by atoms with van der Waals surface area (Å²) >= 11 is 3.95. The molecule has 116 valence electrons. The van der Waals surface area contributed by atoms with E-state index in [-0.39, 0.29) is 5.91 Å². The first-order valence-electron chi connectivity index (χ1n) is 7.52. The maximum atomic E-state index is 12.3. The number of anilines is 1. The van der Waals surface area contributed by atoms with Gasteiger partial charge in [0, 0.05) is 46.8 Å². The summed E-state index contributed by atoms with van der Waals surface area (Å²) in [5, 5.41) is 6.98. The van der Waals surface area contributed by atoms with Gasteiger partial charge in [-0.3, -0.25) is 4.79 Å². The summed E-state index contributed by atoms with van der Waals surface area (Å²) in [5.41, 5.74) is 2.90. The molecule has 1 saturated heterocycles. The largest absolute Gasteiger partial charge is 0.385 e. The summed E-state index contributed by atoms with van der Waals surface area (Å²) in [5.74, 6) is 3.62. The summed E-state index contributed by atoms with van der Waals surface area (Å²) in [6.07, 6.45) is 1.10. The maximum absolute atomic E-state index is 12.3. The number of rotatable bonds is 6. The van der Waals surface area contributed by atoms with Crippen molar-refractivity contribution >= 4 is 35.1 Å². The highest BCUT2D eigenvalue weighted by atomic mass is 32.2. The lowest BCUT2D eigenvalue weighted by atomic mass is 10.1. The first-order chi connectivity index (χ1) is 10.2. The van der Waals surface area contributed by atoms with Crippen LogP contribution in [0.5, 0.6) is 0 Å². The lowest BCUT2D eigenvalue weighted by Crippen LogP contribution is -2.33. The minimum atomic E-state index is 0.0470. The topological polar surface area (TPSA) is 41.1 Å². The van der Waals surface area contributed by atoms with Crippen LogP contribution in [0.4, 0.5) is 5.69 Å². The Morgan fingerprint density at radius 2 is 2.24 bits per heavy atom. The summed E-state index contributed by atoms with van der Waals surface area (Å²) < 4.78 is 0. The molecular formula is C16H24N2OS2. The van der Waals surface area contributed by atoms with E-state index in [9.17, 15) is 4.79 Å². The number of hydrogen-bond donors (Lipinski definition) is 2. The van der Waals surface area contributed by atoms with Gasteiger partial charge in [0.1, 0.15) is 0 Å². The molecule has 0 aliphatic carbocycles. The molecule has 0 radical (unpaired) electrons. The molecular weight excluding hydrogens is 300 g/mol. The van der Waals surface area contributed by atoms with Crippen LogP contribution in [0.3, 0.4) is 0 Å². The van der Waals surface area contributed by atoms with Crippen LogP contribution in [0.1, 0.15) is 29.3 Å². The number of amides is 1. The molecule has 1 aromatic rings. The maximum Gasteiger partial charge on any atom is 0.251 e. The van der Waals surface area contributed by atoms with Gasteiger partial charge in [-0.1, -0.05) is 6.92 Å². The van der Waals surface area contributed by atoms with Crippen molar-refractivity contribution in [2.24, 2.45) is 0 Å². The molecule has 3 nitrogen and oxygen atoms in total. The average molecular weight is 325 g/mol. The zero-order chi connectivity index (χ0) is 15.1. The van der Waals surface area contributed by atoms with Gasteiger partial charge in [0.2, 0.25) is 0 Å². The van der Waals surface area contributed by atoms with Crippen molar-refractivity contribution in [1.82, 2.24) is 5.32 Å². The Morgan fingerprint density at radius 3 is 2.90 bits per heavy atom. The number of aryl methyl sites for hydroxylation is 1. The van der Waals surface area contributed by atoms with Crippen molar-refractivity contribution in [3.63, 3.8) is 0 Å². The Kier molecular flexibility index (Phi) is 6.77. The van der Waals surface area contributed by atoms with Crippen molar-refractivity contribution < 1.29 is 4.79 Å². The molecule has 21 heavy (non-hydrogen) atoms. The molecule has 1 unspecified atom stereocenters. The van der Waals surface area contributed by atoms with Gasteiger partial charge in [0.25, 0.3) is 5.91 Å². The fraction of sp³-hybridized carbons (Fsp3) is 0.562. The van der Waals surface area contributed by atoms with Gasteiger partial charge in [-0.15, -0.1) is 0 Å². The van der Waals surface area contributed by atoms with Gasteiger partial charge < -0.3 is 10.6 Å². The van der Waals surface area contributed by atoms with Crippen LogP contribution in [0, 0.1) is 6.92 Å². The molecule has 2 rings (SSSR count). The highest BCUT2D eigenvalue weighted by Crippen LogP contribution is 2.23. The third kappa shape index (κ3) is 5.15. The molecule has 0 aromatic heterocycles. The second-order valence-electron chi connectivity index (χ2n) is 5.23. The van der Waals surface area contributed by atoms with Gasteiger partial charge in [0.15, 0.2) is 0 Å². The lowest BCUT2D eigenvalue weighted by Gasteiger charge is -2.21. The van der Waals surface area contributed by atoms with Crippen LogP contribution < -0.4 is 10.6 Å². The average Bonchev–Trinajstić information content (AvgIpc) is 2.51. The van der Waals surface area contributed by atoms with Gasteiger partial charge in [-0.2, -0.15) is 23.5 Å². The first-order valence-corrected chi connectivity index (χ1v) is 9.73. The molecule has 1 aliphatic heterocycles. The fourth-order valence-corrected chi connectivity index (χ4v) is 4.87. The molecule has 0 bridgehead atoms. The Hall–Kier alpha value is -0.810. The van der Waals surface area contributed by atoms with Crippen LogP contribution >= 0.6 is 23.5 Å². The quantitative estimate of drug-likeness (QED) is 0.841. The molecule has 0 spiro atoms. The SMILES string of the molecule is CCCNc1ccc(C(=O)NCC2CSCCS2)c(C)c1. The number of hydrogen-bond acceptors (Lipinski definition) is 4. The molecule has 1 aliphatic rings. The minimum Gasteiger partial charge on any atom is -0.385 e. The smallest absolute Gasteiger partial charge is 0.251 e. The van der Waals surface area contributed by atoms with Crippen LogP contribution in [0.2, 0.25) is 0 Å². The van der Waals surface area contributed by atoms with Gasteiger partial charge in [-0.05, 0) is 37.1 Å². The van der Waals surface area contributed by atoms with Gasteiger partial charge in [-0.25, -0.2) is 0 Å².